The molecule has 0 radical (unpaired) electrons. The number of methoxy groups -OCH3 is 1. The molecule has 0 saturated heterocycles. The van der Waals surface area contributed by atoms with Crippen molar-refractivity contribution in [1.82, 2.24) is 5.32 Å². The average Bonchev–Trinajstić information content (AvgIpc) is 2.15. The van der Waals surface area contributed by atoms with E-state index in [0.29, 0.717) is 11.8 Å². The fourth-order valence-corrected chi connectivity index (χ4v) is 1.98. The Balaban J connectivity index is 2.05. The topological polar surface area (TPSA) is 38.3 Å². The van der Waals surface area contributed by atoms with Gasteiger partial charge in [-0.05, 0) is 24.7 Å². The minimum atomic E-state index is -0.128. The molecule has 1 saturated carbocycles. The van der Waals surface area contributed by atoms with Crippen LogP contribution in [0.1, 0.15) is 39.0 Å². The molecule has 0 heterocycles. The zero-order valence-corrected chi connectivity index (χ0v) is 9.27. The first-order valence-corrected chi connectivity index (χ1v) is 5.50. The van der Waals surface area contributed by atoms with Crippen LogP contribution in [-0.2, 0) is 9.53 Å². The maximum absolute atomic E-state index is 10.8. The quantitative estimate of drug-likeness (QED) is 0.523. The standard InChI is InChI=1S/C11H21NO2/c1-3-11(6-4-7-11)9-12-8-5-10(13)14-2/h12H,3-9H2,1-2H3. The third kappa shape index (κ3) is 2.98. The summed E-state index contributed by atoms with van der Waals surface area (Å²) < 4.78 is 4.57. The van der Waals surface area contributed by atoms with E-state index in [1.54, 1.807) is 0 Å². The first-order chi connectivity index (χ1) is 6.72. The summed E-state index contributed by atoms with van der Waals surface area (Å²) in [6.07, 6.45) is 5.78. The number of hydrogen-bond donors (Lipinski definition) is 1. The maximum atomic E-state index is 10.8. The van der Waals surface area contributed by atoms with Gasteiger partial charge in [-0.15, -0.1) is 0 Å². The summed E-state index contributed by atoms with van der Waals surface area (Å²) in [4.78, 5) is 10.8. The fourth-order valence-electron chi connectivity index (χ4n) is 1.98. The van der Waals surface area contributed by atoms with E-state index in [4.69, 9.17) is 0 Å². The minimum Gasteiger partial charge on any atom is -0.469 e. The van der Waals surface area contributed by atoms with Crippen molar-refractivity contribution in [3.05, 3.63) is 0 Å². The molecule has 0 amide bonds. The molecule has 14 heavy (non-hydrogen) atoms. The largest absolute Gasteiger partial charge is 0.469 e. The van der Waals surface area contributed by atoms with Crippen molar-refractivity contribution in [3.63, 3.8) is 0 Å². The van der Waals surface area contributed by atoms with Crippen LogP contribution in [-0.4, -0.2) is 26.2 Å². The number of rotatable bonds is 6. The Labute approximate surface area is 86.2 Å². The summed E-state index contributed by atoms with van der Waals surface area (Å²) >= 11 is 0. The zero-order chi connectivity index (χ0) is 10.4. The van der Waals surface area contributed by atoms with Gasteiger partial charge in [-0.25, -0.2) is 0 Å². The third-order valence-electron chi connectivity index (χ3n) is 3.40. The van der Waals surface area contributed by atoms with E-state index < -0.39 is 0 Å². The van der Waals surface area contributed by atoms with Crippen molar-refractivity contribution in [3.8, 4) is 0 Å². The molecule has 0 aromatic heterocycles. The van der Waals surface area contributed by atoms with Crippen molar-refractivity contribution in [1.29, 1.82) is 0 Å². The van der Waals surface area contributed by atoms with E-state index in [1.807, 2.05) is 0 Å². The molecule has 3 heteroatoms. The Morgan fingerprint density at radius 2 is 2.21 bits per heavy atom. The first-order valence-electron chi connectivity index (χ1n) is 5.50. The van der Waals surface area contributed by atoms with Crippen LogP contribution >= 0.6 is 0 Å². The van der Waals surface area contributed by atoms with Crippen LogP contribution in [0.15, 0.2) is 0 Å². The smallest absolute Gasteiger partial charge is 0.306 e. The average molecular weight is 199 g/mol. The van der Waals surface area contributed by atoms with Crippen molar-refractivity contribution in [2.75, 3.05) is 20.2 Å². The van der Waals surface area contributed by atoms with Crippen LogP contribution < -0.4 is 5.32 Å². The van der Waals surface area contributed by atoms with Gasteiger partial charge in [0.15, 0.2) is 0 Å². The van der Waals surface area contributed by atoms with E-state index in [2.05, 4.69) is 17.0 Å². The lowest BCUT2D eigenvalue weighted by molar-refractivity contribution is -0.140. The van der Waals surface area contributed by atoms with Gasteiger partial charge >= 0.3 is 5.97 Å². The van der Waals surface area contributed by atoms with Gasteiger partial charge in [0.05, 0.1) is 13.5 Å². The van der Waals surface area contributed by atoms with Crippen LogP contribution in [0, 0.1) is 5.41 Å². The van der Waals surface area contributed by atoms with Gasteiger partial charge in [0.2, 0.25) is 0 Å². The van der Waals surface area contributed by atoms with Crippen LogP contribution in [0.25, 0.3) is 0 Å². The Hall–Kier alpha value is -0.570. The second kappa shape index (κ2) is 5.35. The summed E-state index contributed by atoms with van der Waals surface area (Å²) in [5, 5.41) is 3.34. The summed E-state index contributed by atoms with van der Waals surface area (Å²) in [5.74, 6) is -0.128. The number of hydrogen-bond acceptors (Lipinski definition) is 3. The number of esters is 1. The molecule has 1 fully saturated rings. The van der Waals surface area contributed by atoms with Gasteiger partial charge in [-0.1, -0.05) is 13.3 Å². The molecule has 0 aromatic rings. The second-order valence-corrected chi connectivity index (χ2v) is 4.21. The maximum Gasteiger partial charge on any atom is 0.306 e. The Morgan fingerprint density at radius 3 is 2.64 bits per heavy atom. The summed E-state index contributed by atoms with van der Waals surface area (Å²) in [5.41, 5.74) is 0.538. The molecular weight excluding hydrogens is 178 g/mol. The molecule has 1 N–H and O–H groups in total. The van der Waals surface area contributed by atoms with Gasteiger partial charge in [-0.2, -0.15) is 0 Å². The molecule has 1 aliphatic rings. The predicted octanol–water partition coefficient (Wildman–Crippen LogP) is 1.72. The Morgan fingerprint density at radius 1 is 1.50 bits per heavy atom. The molecule has 0 unspecified atom stereocenters. The lowest BCUT2D eigenvalue weighted by atomic mass is 9.67. The Kier molecular flexibility index (Phi) is 4.39. The van der Waals surface area contributed by atoms with Gasteiger partial charge in [-0.3, -0.25) is 4.79 Å². The minimum absolute atomic E-state index is 0.128. The van der Waals surface area contributed by atoms with Crippen molar-refractivity contribution < 1.29 is 9.53 Å². The van der Waals surface area contributed by atoms with Crippen LogP contribution in [0.5, 0.6) is 0 Å². The highest BCUT2D eigenvalue weighted by molar-refractivity contribution is 5.69. The first kappa shape index (κ1) is 11.5. The van der Waals surface area contributed by atoms with Crippen LogP contribution in [0.2, 0.25) is 0 Å². The SMILES string of the molecule is CCC1(CNCCC(=O)OC)CCC1. The summed E-state index contributed by atoms with van der Waals surface area (Å²) in [6, 6.07) is 0. The molecule has 0 spiro atoms. The Bertz CT molecular complexity index is 182. The zero-order valence-electron chi connectivity index (χ0n) is 9.27. The highest BCUT2D eigenvalue weighted by Gasteiger charge is 2.34. The van der Waals surface area contributed by atoms with Gasteiger partial charge < -0.3 is 10.1 Å². The number of carbonyl (C=O) groups excluding carboxylic acids is 1. The lowest BCUT2D eigenvalue weighted by Gasteiger charge is -2.41. The summed E-state index contributed by atoms with van der Waals surface area (Å²) in [6.45, 7) is 4.05. The number of carbonyl (C=O) groups is 1. The normalized spacial score (nSPS) is 18.7. The van der Waals surface area contributed by atoms with E-state index >= 15 is 0 Å². The van der Waals surface area contributed by atoms with E-state index in [1.165, 1.54) is 32.8 Å². The summed E-state index contributed by atoms with van der Waals surface area (Å²) in [7, 11) is 1.43. The monoisotopic (exact) mass is 199 g/mol. The fraction of sp³-hybridized carbons (Fsp3) is 0.909. The van der Waals surface area contributed by atoms with Gasteiger partial charge in [0.1, 0.15) is 0 Å². The van der Waals surface area contributed by atoms with Gasteiger partial charge in [0.25, 0.3) is 0 Å². The molecular formula is C11H21NO2. The predicted molar refractivity (Wildman–Crippen MR) is 56.1 cm³/mol. The number of ether oxygens (including phenoxy) is 1. The van der Waals surface area contributed by atoms with Crippen molar-refractivity contribution in [2.24, 2.45) is 5.41 Å². The molecule has 1 aliphatic carbocycles. The van der Waals surface area contributed by atoms with Gasteiger partial charge in [0, 0.05) is 13.1 Å². The highest BCUT2D eigenvalue weighted by atomic mass is 16.5. The second-order valence-electron chi connectivity index (χ2n) is 4.21. The molecule has 3 nitrogen and oxygen atoms in total. The molecule has 0 bridgehead atoms. The number of nitrogens with one attached hydrogen (secondary N) is 1. The molecule has 82 valence electrons. The molecule has 0 aliphatic heterocycles. The molecule has 0 aromatic carbocycles. The van der Waals surface area contributed by atoms with Crippen LogP contribution in [0.4, 0.5) is 0 Å². The third-order valence-corrected chi connectivity index (χ3v) is 3.40. The van der Waals surface area contributed by atoms with E-state index in [-0.39, 0.29) is 5.97 Å². The van der Waals surface area contributed by atoms with Crippen molar-refractivity contribution >= 4 is 5.97 Å². The molecule has 1 rings (SSSR count). The lowest BCUT2D eigenvalue weighted by Crippen LogP contribution is -2.40. The van der Waals surface area contributed by atoms with Crippen molar-refractivity contribution in [2.45, 2.75) is 39.0 Å². The van der Waals surface area contributed by atoms with Crippen LogP contribution in [0.3, 0.4) is 0 Å². The molecule has 0 atom stereocenters. The van der Waals surface area contributed by atoms with E-state index in [0.717, 1.165) is 13.1 Å². The highest BCUT2D eigenvalue weighted by Crippen LogP contribution is 2.42. The van der Waals surface area contributed by atoms with E-state index in [9.17, 15) is 4.79 Å².